The van der Waals surface area contributed by atoms with Gasteiger partial charge < -0.3 is 9.52 Å². The molecule has 4 rings (SSSR count). The lowest BCUT2D eigenvalue weighted by Gasteiger charge is -2.14. The van der Waals surface area contributed by atoms with Crippen LogP contribution in [0.3, 0.4) is 0 Å². The molecule has 1 saturated heterocycles. The van der Waals surface area contributed by atoms with Gasteiger partial charge in [-0.1, -0.05) is 66.4 Å². The summed E-state index contributed by atoms with van der Waals surface area (Å²) in [5, 5.41) is 8.99. The molecule has 2 heterocycles. The van der Waals surface area contributed by atoms with Crippen LogP contribution in [0, 0.1) is 0 Å². The van der Waals surface area contributed by atoms with Crippen LogP contribution in [0.4, 0.5) is 0 Å². The van der Waals surface area contributed by atoms with E-state index in [4.69, 9.17) is 21.7 Å². The molecule has 144 valence electrons. The third kappa shape index (κ3) is 4.16. The van der Waals surface area contributed by atoms with Gasteiger partial charge >= 0.3 is 5.97 Å². The number of thioether (sulfide) groups is 1. The number of nitrogens with zero attached hydrogens (tertiary/aromatic N) is 1. The van der Waals surface area contributed by atoms with E-state index in [9.17, 15) is 9.59 Å². The molecule has 0 bridgehead atoms. The fourth-order valence-corrected chi connectivity index (χ4v) is 4.13. The van der Waals surface area contributed by atoms with E-state index in [2.05, 4.69) is 0 Å². The van der Waals surface area contributed by atoms with Gasteiger partial charge in [-0.2, -0.15) is 0 Å². The number of hydrogen-bond acceptors (Lipinski definition) is 5. The van der Waals surface area contributed by atoms with Gasteiger partial charge in [0.05, 0.1) is 17.0 Å². The average Bonchev–Trinajstić information content (AvgIpc) is 3.29. The fraction of sp³-hybridized carbons (Fsp3) is 0.0455. The van der Waals surface area contributed by atoms with Gasteiger partial charge in [-0.25, -0.2) is 4.79 Å². The fourth-order valence-electron chi connectivity index (χ4n) is 2.89. The summed E-state index contributed by atoms with van der Waals surface area (Å²) in [5.41, 5.74) is 1.98. The van der Waals surface area contributed by atoms with Gasteiger partial charge in [-0.15, -0.1) is 0 Å². The summed E-state index contributed by atoms with van der Waals surface area (Å²) in [4.78, 5) is 25.8. The minimum Gasteiger partial charge on any atom is -0.478 e. The summed E-state index contributed by atoms with van der Waals surface area (Å²) in [7, 11) is 0. The number of hydrogen-bond donors (Lipinski definition) is 1. The van der Waals surface area contributed by atoms with Gasteiger partial charge in [0.15, 0.2) is 0 Å². The van der Waals surface area contributed by atoms with Crippen LogP contribution < -0.4 is 0 Å². The number of benzene rings is 2. The molecule has 29 heavy (non-hydrogen) atoms. The van der Waals surface area contributed by atoms with E-state index >= 15 is 0 Å². The third-order valence-corrected chi connectivity index (χ3v) is 5.75. The zero-order chi connectivity index (χ0) is 20.4. The Morgan fingerprint density at radius 2 is 1.79 bits per heavy atom. The molecule has 1 aliphatic rings. The maximum atomic E-state index is 12.8. The van der Waals surface area contributed by atoms with Crippen LogP contribution in [-0.4, -0.2) is 26.2 Å². The molecule has 7 heteroatoms. The first-order chi connectivity index (χ1) is 14.0. The van der Waals surface area contributed by atoms with Gasteiger partial charge in [-0.05, 0) is 29.8 Å². The van der Waals surface area contributed by atoms with Crippen LogP contribution >= 0.6 is 24.0 Å². The van der Waals surface area contributed by atoms with Crippen molar-refractivity contribution in [2.75, 3.05) is 0 Å². The van der Waals surface area contributed by atoms with E-state index in [0.29, 0.717) is 27.3 Å². The SMILES string of the molecule is O=C(O)c1ccc(-c2ccc(/C=C3/SC(=S)N(Cc4ccccc4)C3=O)o2)cc1. The van der Waals surface area contributed by atoms with Crippen molar-refractivity contribution in [1.29, 1.82) is 0 Å². The predicted octanol–water partition coefficient (Wildman–Crippen LogP) is 5.05. The molecule has 2 aromatic carbocycles. The van der Waals surface area contributed by atoms with Crippen LogP contribution in [-0.2, 0) is 11.3 Å². The molecule has 0 aliphatic carbocycles. The largest absolute Gasteiger partial charge is 0.478 e. The predicted molar refractivity (Wildman–Crippen MR) is 116 cm³/mol. The van der Waals surface area contributed by atoms with Crippen LogP contribution in [0.15, 0.2) is 76.1 Å². The van der Waals surface area contributed by atoms with Crippen LogP contribution in [0.5, 0.6) is 0 Å². The number of carbonyl (C=O) groups is 2. The first kappa shape index (κ1) is 19.2. The topological polar surface area (TPSA) is 70.8 Å². The molecule has 0 unspecified atom stereocenters. The number of carboxylic acid groups (broad SMARTS) is 1. The first-order valence-corrected chi connectivity index (χ1v) is 9.96. The Labute approximate surface area is 176 Å². The lowest BCUT2D eigenvalue weighted by atomic mass is 10.1. The van der Waals surface area contributed by atoms with E-state index in [1.54, 1.807) is 35.2 Å². The van der Waals surface area contributed by atoms with E-state index < -0.39 is 5.97 Å². The molecule has 0 atom stereocenters. The smallest absolute Gasteiger partial charge is 0.335 e. The van der Waals surface area contributed by atoms with Crippen molar-refractivity contribution in [3.05, 3.63) is 88.5 Å². The summed E-state index contributed by atoms with van der Waals surface area (Å²) < 4.78 is 6.33. The van der Waals surface area contributed by atoms with Crippen molar-refractivity contribution in [2.45, 2.75) is 6.54 Å². The minimum atomic E-state index is -0.978. The maximum Gasteiger partial charge on any atom is 0.335 e. The summed E-state index contributed by atoms with van der Waals surface area (Å²) in [6, 6.07) is 19.7. The lowest BCUT2D eigenvalue weighted by Crippen LogP contribution is -2.27. The molecular formula is C22H15NO4S2. The second kappa shape index (κ2) is 8.06. The van der Waals surface area contributed by atoms with E-state index in [-0.39, 0.29) is 11.5 Å². The Bertz CT molecular complexity index is 1120. The van der Waals surface area contributed by atoms with Crippen LogP contribution in [0.25, 0.3) is 17.4 Å². The highest BCUT2D eigenvalue weighted by Gasteiger charge is 2.32. The molecule has 1 aromatic heterocycles. The molecule has 0 spiro atoms. The zero-order valence-electron chi connectivity index (χ0n) is 15.1. The number of thiocarbonyl (C=S) groups is 1. The van der Waals surface area contributed by atoms with Crippen LogP contribution in [0.2, 0.25) is 0 Å². The highest BCUT2D eigenvalue weighted by molar-refractivity contribution is 8.26. The zero-order valence-corrected chi connectivity index (χ0v) is 16.7. The van der Waals surface area contributed by atoms with Gasteiger partial charge in [0.2, 0.25) is 0 Å². The number of rotatable bonds is 5. The van der Waals surface area contributed by atoms with E-state index in [1.165, 1.54) is 23.9 Å². The number of aromatic carboxylic acids is 1. The average molecular weight is 421 g/mol. The summed E-state index contributed by atoms with van der Waals surface area (Å²) in [6.45, 7) is 0.433. The van der Waals surface area contributed by atoms with Gasteiger partial charge in [0.1, 0.15) is 15.8 Å². The van der Waals surface area contributed by atoms with Crippen molar-refractivity contribution in [1.82, 2.24) is 4.90 Å². The normalized spacial score (nSPS) is 15.3. The van der Waals surface area contributed by atoms with E-state index in [0.717, 1.165) is 11.1 Å². The van der Waals surface area contributed by atoms with Gasteiger partial charge in [-0.3, -0.25) is 9.69 Å². The van der Waals surface area contributed by atoms with Crippen molar-refractivity contribution in [3.8, 4) is 11.3 Å². The molecule has 1 N–H and O–H groups in total. The van der Waals surface area contributed by atoms with Gasteiger partial charge in [0.25, 0.3) is 5.91 Å². The number of carbonyl (C=O) groups excluding carboxylic acids is 1. The second-order valence-corrected chi connectivity index (χ2v) is 8.01. The summed E-state index contributed by atoms with van der Waals surface area (Å²) in [6.07, 6.45) is 1.68. The molecule has 1 aliphatic heterocycles. The van der Waals surface area contributed by atoms with Crippen molar-refractivity contribution >= 4 is 46.3 Å². The van der Waals surface area contributed by atoms with Crippen molar-refractivity contribution < 1.29 is 19.1 Å². The molecule has 0 saturated carbocycles. The Kier molecular flexibility index (Phi) is 5.33. The Hall–Kier alpha value is -3.16. The highest BCUT2D eigenvalue weighted by atomic mass is 32.2. The molecule has 1 amide bonds. The molecular weight excluding hydrogens is 406 g/mol. The lowest BCUT2D eigenvalue weighted by molar-refractivity contribution is -0.122. The Morgan fingerprint density at radius 3 is 2.48 bits per heavy atom. The van der Waals surface area contributed by atoms with Crippen molar-refractivity contribution in [2.24, 2.45) is 0 Å². The number of carboxylic acids is 1. The first-order valence-electron chi connectivity index (χ1n) is 8.74. The quantitative estimate of drug-likeness (QED) is 0.459. The highest BCUT2D eigenvalue weighted by Crippen LogP contribution is 2.34. The molecule has 0 radical (unpaired) electrons. The minimum absolute atomic E-state index is 0.146. The monoisotopic (exact) mass is 421 g/mol. The Morgan fingerprint density at radius 1 is 1.07 bits per heavy atom. The number of furan rings is 1. The van der Waals surface area contributed by atoms with Gasteiger partial charge in [0, 0.05) is 11.6 Å². The second-order valence-electron chi connectivity index (χ2n) is 6.34. The van der Waals surface area contributed by atoms with E-state index in [1.807, 2.05) is 30.3 Å². The molecule has 1 fully saturated rings. The standard InChI is InChI=1S/C22H15NO4S2/c24-20-19(29-22(28)23(20)13-14-4-2-1-3-5-14)12-17-10-11-18(27-17)15-6-8-16(9-7-15)21(25)26/h1-12H,13H2,(H,25,26)/b19-12+. The third-order valence-electron chi connectivity index (χ3n) is 4.37. The summed E-state index contributed by atoms with van der Waals surface area (Å²) >= 11 is 6.62. The van der Waals surface area contributed by atoms with Crippen LogP contribution in [0.1, 0.15) is 21.7 Å². The number of amides is 1. The molecule has 5 nitrogen and oxygen atoms in total. The maximum absolute atomic E-state index is 12.8. The molecule has 3 aromatic rings. The Balaban J connectivity index is 1.52. The van der Waals surface area contributed by atoms with Crippen molar-refractivity contribution in [3.63, 3.8) is 0 Å². The summed E-state index contributed by atoms with van der Waals surface area (Å²) in [5.74, 6) is -0.00250.